The number of nitrogens with one attached hydrogen (secondary N) is 1. The summed E-state index contributed by atoms with van der Waals surface area (Å²) < 4.78 is 0. The van der Waals surface area contributed by atoms with Gasteiger partial charge in [-0.05, 0) is 38.2 Å². The number of rotatable bonds is 7. The molecule has 3 heteroatoms. The summed E-state index contributed by atoms with van der Waals surface area (Å²) in [6, 6.07) is 8.19. The number of carbonyl (C=O) groups is 1. The van der Waals surface area contributed by atoms with Crippen LogP contribution < -0.4 is 5.32 Å². The van der Waals surface area contributed by atoms with Crippen LogP contribution in [-0.2, 0) is 11.2 Å². The number of hydrogen-bond acceptors (Lipinski definition) is 2. The minimum absolute atomic E-state index is 0.00413. The van der Waals surface area contributed by atoms with Gasteiger partial charge >= 0.3 is 0 Å². The molecule has 112 valence electrons. The average molecular weight is 277 g/mol. The van der Waals surface area contributed by atoms with Gasteiger partial charge in [-0.15, -0.1) is 0 Å². The lowest BCUT2D eigenvalue weighted by atomic mass is 9.94. The van der Waals surface area contributed by atoms with Crippen LogP contribution in [0.1, 0.15) is 44.7 Å². The van der Waals surface area contributed by atoms with Gasteiger partial charge in [-0.3, -0.25) is 4.79 Å². The van der Waals surface area contributed by atoms with Gasteiger partial charge in [0.05, 0.1) is 5.60 Å². The first-order valence-corrected chi connectivity index (χ1v) is 7.33. The van der Waals surface area contributed by atoms with Crippen molar-refractivity contribution in [1.82, 2.24) is 5.32 Å². The lowest BCUT2D eigenvalue weighted by molar-refractivity contribution is -0.122. The lowest BCUT2D eigenvalue weighted by Gasteiger charge is -2.25. The number of carbonyl (C=O) groups excluding carboxylic acids is 1. The second kappa shape index (κ2) is 7.44. The molecule has 0 radical (unpaired) electrons. The van der Waals surface area contributed by atoms with Gasteiger partial charge in [-0.2, -0.15) is 0 Å². The highest BCUT2D eigenvalue weighted by Gasteiger charge is 2.22. The van der Waals surface area contributed by atoms with Crippen LogP contribution in [0, 0.1) is 12.8 Å². The van der Waals surface area contributed by atoms with Crippen molar-refractivity contribution in [2.24, 2.45) is 5.92 Å². The van der Waals surface area contributed by atoms with Crippen molar-refractivity contribution in [3.8, 4) is 0 Å². The molecule has 2 N–H and O–H groups in total. The van der Waals surface area contributed by atoms with Crippen LogP contribution in [0.15, 0.2) is 24.3 Å². The van der Waals surface area contributed by atoms with Crippen molar-refractivity contribution in [2.75, 3.05) is 6.54 Å². The van der Waals surface area contributed by atoms with E-state index in [1.807, 2.05) is 25.1 Å². The summed E-state index contributed by atoms with van der Waals surface area (Å²) >= 11 is 0. The van der Waals surface area contributed by atoms with E-state index in [0.717, 1.165) is 6.42 Å². The van der Waals surface area contributed by atoms with Crippen LogP contribution in [0.4, 0.5) is 0 Å². The zero-order valence-electron chi connectivity index (χ0n) is 13.1. The molecule has 0 aliphatic heterocycles. The van der Waals surface area contributed by atoms with E-state index in [4.69, 9.17) is 0 Å². The number of hydrogen-bond donors (Lipinski definition) is 2. The molecule has 3 nitrogen and oxygen atoms in total. The Morgan fingerprint density at radius 1 is 1.40 bits per heavy atom. The SMILES string of the molecule is Cc1cccc(CCC(=O)NCC(C)(O)CC(C)C)c1. The number of benzene rings is 1. The maximum absolute atomic E-state index is 11.8. The molecule has 0 fully saturated rings. The number of aliphatic hydroxyl groups is 1. The van der Waals surface area contributed by atoms with Crippen LogP contribution in [-0.4, -0.2) is 23.2 Å². The van der Waals surface area contributed by atoms with Crippen LogP contribution in [0.5, 0.6) is 0 Å². The van der Waals surface area contributed by atoms with Crippen LogP contribution >= 0.6 is 0 Å². The highest BCUT2D eigenvalue weighted by atomic mass is 16.3. The van der Waals surface area contributed by atoms with Gasteiger partial charge in [-0.1, -0.05) is 43.7 Å². The predicted octanol–water partition coefficient (Wildman–Crippen LogP) is 2.84. The molecule has 1 aromatic carbocycles. The summed E-state index contributed by atoms with van der Waals surface area (Å²) in [6.07, 6.45) is 1.88. The second-order valence-electron chi connectivity index (χ2n) is 6.36. The van der Waals surface area contributed by atoms with E-state index in [2.05, 4.69) is 25.2 Å². The van der Waals surface area contributed by atoms with Crippen molar-refractivity contribution < 1.29 is 9.90 Å². The largest absolute Gasteiger partial charge is 0.388 e. The van der Waals surface area contributed by atoms with E-state index < -0.39 is 5.60 Å². The molecule has 0 bridgehead atoms. The molecule has 0 spiro atoms. The summed E-state index contributed by atoms with van der Waals surface area (Å²) in [5, 5.41) is 13.0. The molecule has 0 aromatic heterocycles. The van der Waals surface area contributed by atoms with Crippen molar-refractivity contribution >= 4 is 5.91 Å². The van der Waals surface area contributed by atoms with Crippen molar-refractivity contribution in [2.45, 2.75) is 52.6 Å². The maximum Gasteiger partial charge on any atom is 0.220 e. The Morgan fingerprint density at radius 3 is 2.70 bits per heavy atom. The molecule has 0 heterocycles. The molecule has 0 saturated heterocycles. The summed E-state index contributed by atoms with van der Waals surface area (Å²) in [7, 11) is 0. The normalized spacial score (nSPS) is 14.1. The molecule has 0 aliphatic rings. The lowest BCUT2D eigenvalue weighted by Crippen LogP contribution is -2.41. The molecule has 1 amide bonds. The van der Waals surface area contributed by atoms with Gasteiger partial charge < -0.3 is 10.4 Å². The van der Waals surface area contributed by atoms with Crippen LogP contribution in [0.25, 0.3) is 0 Å². The smallest absolute Gasteiger partial charge is 0.220 e. The molecule has 1 aromatic rings. The number of aryl methyl sites for hydroxylation is 2. The molecule has 1 rings (SSSR count). The van der Waals surface area contributed by atoms with Crippen molar-refractivity contribution in [3.05, 3.63) is 35.4 Å². The van der Waals surface area contributed by atoms with E-state index in [1.165, 1.54) is 11.1 Å². The quantitative estimate of drug-likeness (QED) is 0.805. The van der Waals surface area contributed by atoms with E-state index >= 15 is 0 Å². The molecule has 0 aliphatic carbocycles. The third kappa shape index (κ3) is 6.71. The van der Waals surface area contributed by atoms with E-state index in [-0.39, 0.29) is 5.91 Å². The third-order valence-electron chi connectivity index (χ3n) is 3.24. The molecule has 0 saturated carbocycles. The fourth-order valence-electron chi connectivity index (χ4n) is 2.45. The summed E-state index contributed by atoms with van der Waals surface area (Å²) in [4.78, 5) is 11.8. The van der Waals surface area contributed by atoms with Crippen LogP contribution in [0.2, 0.25) is 0 Å². The highest BCUT2D eigenvalue weighted by molar-refractivity contribution is 5.76. The average Bonchev–Trinajstić information content (AvgIpc) is 2.32. The zero-order chi connectivity index (χ0) is 15.2. The molecule has 1 unspecified atom stereocenters. The number of amides is 1. The van der Waals surface area contributed by atoms with E-state index in [0.29, 0.717) is 25.3 Å². The summed E-state index contributed by atoms with van der Waals surface area (Å²) in [5.41, 5.74) is 1.56. The van der Waals surface area contributed by atoms with Gasteiger partial charge in [0.25, 0.3) is 0 Å². The molecular weight excluding hydrogens is 250 g/mol. The van der Waals surface area contributed by atoms with E-state index in [9.17, 15) is 9.90 Å². The Balaban J connectivity index is 2.34. The third-order valence-corrected chi connectivity index (χ3v) is 3.24. The first-order chi connectivity index (χ1) is 9.28. The first kappa shape index (κ1) is 16.7. The van der Waals surface area contributed by atoms with Gasteiger partial charge in [-0.25, -0.2) is 0 Å². The molecule has 20 heavy (non-hydrogen) atoms. The monoisotopic (exact) mass is 277 g/mol. The summed E-state index contributed by atoms with van der Waals surface area (Å²) in [6.45, 7) is 8.26. The topological polar surface area (TPSA) is 49.3 Å². The maximum atomic E-state index is 11.8. The molecule has 1 atom stereocenters. The van der Waals surface area contributed by atoms with Gasteiger partial charge in [0, 0.05) is 13.0 Å². The fraction of sp³-hybridized carbons (Fsp3) is 0.588. The van der Waals surface area contributed by atoms with E-state index in [1.54, 1.807) is 6.92 Å². The standard InChI is InChI=1S/C17H27NO2/c1-13(2)11-17(4,20)12-18-16(19)9-8-15-7-5-6-14(3)10-15/h5-7,10,13,20H,8-9,11-12H2,1-4H3,(H,18,19). The Labute approximate surface area is 122 Å². The predicted molar refractivity (Wildman–Crippen MR) is 82.6 cm³/mol. The second-order valence-corrected chi connectivity index (χ2v) is 6.36. The minimum Gasteiger partial charge on any atom is -0.388 e. The van der Waals surface area contributed by atoms with Gasteiger partial charge in [0.2, 0.25) is 5.91 Å². The minimum atomic E-state index is -0.826. The Kier molecular flexibility index (Phi) is 6.21. The Morgan fingerprint density at radius 2 is 2.10 bits per heavy atom. The Hall–Kier alpha value is -1.35. The fourth-order valence-corrected chi connectivity index (χ4v) is 2.45. The van der Waals surface area contributed by atoms with Gasteiger partial charge in [0.1, 0.15) is 0 Å². The Bertz CT molecular complexity index is 438. The zero-order valence-corrected chi connectivity index (χ0v) is 13.1. The first-order valence-electron chi connectivity index (χ1n) is 7.33. The van der Waals surface area contributed by atoms with Crippen molar-refractivity contribution in [3.63, 3.8) is 0 Å². The molecular formula is C17H27NO2. The van der Waals surface area contributed by atoms with Crippen molar-refractivity contribution in [1.29, 1.82) is 0 Å². The highest BCUT2D eigenvalue weighted by Crippen LogP contribution is 2.15. The van der Waals surface area contributed by atoms with Gasteiger partial charge in [0.15, 0.2) is 0 Å². The van der Waals surface area contributed by atoms with Crippen LogP contribution in [0.3, 0.4) is 0 Å². The summed E-state index contributed by atoms with van der Waals surface area (Å²) in [5.74, 6) is 0.407.